The van der Waals surface area contributed by atoms with Gasteiger partial charge in [0.1, 0.15) is 5.56 Å². The molecule has 0 saturated heterocycles. The first kappa shape index (κ1) is 17.7. The first-order valence-electron chi connectivity index (χ1n) is 7.74. The first-order chi connectivity index (χ1) is 11.5. The van der Waals surface area contributed by atoms with Crippen molar-refractivity contribution in [3.05, 3.63) is 59.2 Å². The summed E-state index contributed by atoms with van der Waals surface area (Å²) >= 11 is 0. The lowest BCUT2D eigenvalue weighted by Crippen LogP contribution is -2.30. The van der Waals surface area contributed by atoms with Crippen molar-refractivity contribution < 1.29 is 14.3 Å². The summed E-state index contributed by atoms with van der Waals surface area (Å²) in [5, 5.41) is 13.9. The van der Waals surface area contributed by atoms with Crippen molar-refractivity contribution in [1.29, 1.82) is 0 Å². The van der Waals surface area contributed by atoms with Crippen LogP contribution < -0.4 is 14.8 Å². The van der Waals surface area contributed by atoms with Gasteiger partial charge in [0.15, 0.2) is 12.4 Å². The molecular formula is C17H22N4O3. The van der Waals surface area contributed by atoms with Crippen molar-refractivity contribution in [3.8, 4) is 5.88 Å². The molecule has 0 spiro atoms. The molecule has 2 aromatic heterocycles. The SMILES string of the molecule is CN(C)Cc1ccnc(OCCCNC(=O)c2ccc[n+]([O-])c2)c1. The Balaban J connectivity index is 1.70. The van der Waals surface area contributed by atoms with Crippen LogP contribution in [0.4, 0.5) is 0 Å². The van der Waals surface area contributed by atoms with E-state index in [4.69, 9.17) is 4.74 Å². The molecule has 0 aliphatic heterocycles. The Bertz CT molecular complexity index is 676. The molecule has 7 heteroatoms. The van der Waals surface area contributed by atoms with Crippen molar-refractivity contribution in [2.24, 2.45) is 0 Å². The third-order valence-electron chi connectivity index (χ3n) is 3.19. The van der Waals surface area contributed by atoms with Crippen LogP contribution in [-0.2, 0) is 6.54 Å². The van der Waals surface area contributed by atoms with Gasteiger partial charge in [-0.2, -0.15) is 4.73 Å². The van der Waals surface area contributed by atoms with Gasteiger partial charge in [-0.15, -0.1) is 0 Å². The van der Waals surface area contributed by atoms with E-state index in [9.17, 15) is 10.0 Å². The molecule has 128 valence electrons. The van der Waals surface area contributed by atoms with Gasteiger partial charge in [-0.1, -0.05) is 0 Å². The van der Waals surface area contributed by atoms with Crippen LogP contribution in [0.2, 0.25) is 0 Å². The lowest BCUT2D eigenvalue weighted by atomic mass is 10.2. The number of nitrogens with one attached hydrogen (secondary N) is 1. The summed E-state index contributed by atoms with van der Waals surface area (Å²) in [5.41, 5.74) is 1.47. The van der Waals surface area contributed by atoms with Crippen LogP contribution in [0.5, 0.6) is 5.88 Å². The average molecular weight is 330 g/mol. The van der Waals surface area contributed by atoms with E-state index >= 15 is 0 Å². The molecule has 2 aromatic rings. The zero-order valence-electron chi connectivity index (χ0n) is 13.9. The fraction of sp³-hybridized carbons (Fsp3) is 0.353. The molecule has 1 N–H and O–H groups in total. The summed E-state index contributed by atoms with van der Waals surface area (Å²) in [4.78, 5) is 18.1. The van der Waals surface area contributed by atoms with Gasteiger partial charge in [-0.05, 0) is 38.2 Å². The second kappa shape index (κ2) is 8.83. The van der Waals surface area contributed by atoms with Crippen LogP contribution in [-0.4, -0.2) is 43.0 Å². The molecule has 2 rings (SSSR count). The molecule has 2 heterocycles. The third-order valence-corrected chi connectivity index (χ3v) is 3.19. The number of ether oxygens (including phenoxy) is 1. The lowest BCUT2D eigenvalue weighted by molar-refractivity contribution is -0.605. The monoisotopic (exact) mass is 330 g/mol. The zero-order valence-corrected chi connectivity index (χ0v) is 13.9. The highest BCUT2D eigenvalue weighted by Crippen LogP contribution is 2.10. The van der Waals surface area contributed by atoms with Crippen LogP contribution in [0, 0.1) is 5.21 Å². The van der Waals surface area contributed by atoms with Crippen molar-refractivity contribution in [1.82, 2.24) is 15.2 Å². The maximum absolute atomic E-state index is 11.9. The van der Waals surface area contributed by atoms with Crippen LogP contribution in [0.15, 0.2) is 42.9 Å². The van der Waals surface area contributed by atoms with E-state index in [-0.39, 0.29) is 5.91 Å². The number of rotatable bonds is 8. The Morgan fingerprint density at radius 1 is 1.42 bits per heavy atom. The highest BCUT2D eigenvalue weighted by Gasteiger charge is 2.07. The molecule has 0 aromatic carbocycles. The molecule has 0 fully saturated rings. The number of hydrogen-bond acceptors (Lipinski definition) is 5. The Labute approximate surface area is 141 Å². The van der Waals surface area contributed by atoms with E-state index < -0.39 is 0 Å². The minimum atomic E-state index is -0.272. The van der Waals surface area contributed by atoms with Crippen LogP contribution in [0.1, 0.15) is 22.3 Å². The highest BCUT2D eigenvalue weighted by atomic mass is 16.5. The first-order valence-corrected chi connectivity index (χ1v) is 7.74. The fourth-order valence-electron chi connectivity index (χ4n) is 2.13. The Hall–Kier alpha value is -2.67. The largest absolute Gasteiger partial charge is 0.619 e. The lowest BCUT2D eigenvalue weighted by Gasteiger charge is -2.11. The number of amides is 1. The zero-order chi connectivity index (χ0) is 17.4. The Kier molecular flexibility index (Phi) is 6.51. The number of pyridine rings is 2. The standard InChI is InChI=1S/C17H22N4O3/c1-20(2)12-14-6-8-18-16(11-14)24-10-4-7-19-17(22)15-5-3-9-21(23)13-15/h3,5-6,8-9,11,13H,4,7,10,12H2,1-2H3,(H,19,22). The van der Waals surface area contributed by atoms with E-state index in [1.807, 2.05) is 26.2 Å². The summed E-state index contributed by atoms with van der Waals surface area (Å²) in [7, 11) is 4.01. The van der Waals surface area contributed by atoms with Crippen LogP contribution in [0.3, 0.4) is 0 Å². The molecule has 24 heavy (non-hydrogen) atoms. The van der Waals surface area contributed by atoms with E-state index in [1.165, 1.54) is 18.5 Å². The summed E-state index contributed by atoms with van der Waals surface area (Å²) in [5.74, 6) is 0.308. The number of hydrogen-bond donors (Lipinski definition) is 1. The molecule has 0 saturated carbocycles. The molecule has 0 bridgehead atoms. The van der Waals surface area contributed by atoms with Gasteiger partial charge in [0.25, 0.3) is 5.91 Å². The van der Waals surface area contributed by atoms with Crippen molar-refractivity contribution in [2.75, 3.05) is 27.2 Å². The van der Waals surface area contributed by atoms with Gasteiger partial charge in [-0.3, -0.25) is 4.79 Å². The summed E-state index contributed by atoms with van der Waals surface area (Å²) in [6, 6.07) is 7.00. The van der Waals surface area contributed by atoms with Gasteiger partial charge in [0.2, 0.25) is 5.88 Å². The van der Waals surface area contributed by atoms with Gasteiger partial charge >= 0.3 is 0 Å². The molecule has 1 amide bonds. The fourth-order valence-corrected chi connectivity index (χ4v) is 2.13. The van der Waals surface area contributed by atoms with E-state index in [2.05, 4.69) is 15.2 Å². The van der Waals surface area contributed by atoms with Gasteiger partial charge < -0.3 is 20.2 Å². The van der Waals surface area contributed by atoms with Crippen molar-refractivity contribution in [3.63, 3.8) is 0 Å². The summed E-state index contributed by atoms with van der Waals surface area (Å²) in [6.07, 6.45) is 4.95. The van der Waals surface area contributed by atoms with E-state index in [1.54, 1.807) is 12.3 Å². The molecule has 0 atom stereocenters. The smallest absolute Gasteiger partial charge is 0.257 e. The third kappa shape index (κ3) is 5.85. The molecule has 0 radical (unpaired) electrons. The normalized spacial score (nSPS) is 10.6. The number of nitrogens with zero attached hydrogens (tertiary/aromatic N) is 3. The number of aromatic nitrogens is 2. The second-order valence-electron chi connectivity index (χ2n) is 5.65. The van der Waals surface area contributed by atoms with Crippen LogP contribution in [0.25, 0.3) is 0 Å². The Morgan fingerprint density at radius 2 is 2.25 bits per heavy atom. The topological polar surface area (TPSA) is 81.4 Å². The maximum atomic E-state index is 11.9. The number of carbonyl (C=O) groups is 1. The minimum Gasteiger partial charge on any atom is -0.619 e. The molecule has 0 aliphatic rings. The quantitative estimate of drug-likeness (QED) is 0.443. The molecule has 0 aliphatic carbocycles. The summed E-state index contributed by atoms with van der Waals surface area (Å²) in [6.45, 7) is 1.74. The van der Waals surface area contributed by atoms with E-state index in [0.717, 1.165) is 12.1 Å². The summed E-state index contributed by atoms with van der Waals surface area (Å²) < 4.78 is 6.20. The Morgan fingerprint density at radius 3 is 3.00 bits per heavy atom. The van der Waals surface area contributed by atoms with Crippen molar-refractivity contribution in [2.45, 2.75) is 13.0 Å². The predicted molar refractivity (Wildman–Crippen MR) is 89.5 cm³/mol. The van der Waals surface area contributed by atoms with Gasteiger partial charge in [0, 0.05) is 31.4 Å². The highest BCUT2D eigenvalue weighted by molar-refractivity contribution is 5.93. The van der Waals surface area contributed by atoms with Gasteiger partial charge in [0.05, 0.1) is 6.61 Å². The maximum Gasteiger partial charge on any atom is 0.257 e. The molecule has 7 nitrogen and oxygen atoms in total. The molecular weight excluding hydrogens is 308 g/mol. The minimum absolute atomic E-state index is 0.272. The van der Waals surface area contributed by atoms with Crippen molar-refractivity contribution >= 4 is 5.91 Å². The second-order valence-corrected chi connectivity index (χ2v) is 5.65. The molecule has 0 unspecified atom stereocenters. The number of carbonyl (C=O) groups excluding carboxylic acids is 1. The van der Waals surface area contributed by atoms with Crippen LogP contribution >= 0.6 is 0 Å². The van der Waals surface area contributed by atoms with E-state index in [0.29, 0.717) is 35.7 Å². The average Bonchev–Trinajstić information content (AvgIpc) is 2.54. The predicted octanol–water partition coefficient (Wildman–Crippen LogP) is 0.975. The van der Waals surface area contributed by atoms with Gasteiger partial charge in [-0.25, -0.2) is 4.98 Å².